The molecule has 20 heavy (non-hydrogen) atoms. The van der Waals surface area contributed by atoms with Crippen LogP contribution in [0.5, 0.6) is 0 Å². The van der Waals surface area contributed by atoms with Crippen LogP contribution < -0.4 is 5.32 Å². The molecule has 4 nitrogen and oxygen atoms in total. The van der Waals surface area contributed by atoms with Gasteiger partial charge in [-0.3, -0.25) is 9.59 Å². The second-order valence-electron chi connectivity index (χ2n) is 6.47. The summed E-state index contributed by atoms with van der Waals surface area (Å²) in [6.45, 7) is 0.786. The molecule has 4 heteroatoms. The van der Waals surface area contributed by atoms with Gasteiger partial charge in [-0.2, -0.15) is 0 Å². The van der Waals surface area contributed by atoms with Crippen LogP contribution in [0.25, 0.3) is 0 Å². The Kier molecular flexibility index (Phi) is 5.86. The summed E-state index contributed by atoms with van der Waals surface area (Å²) < 4.78 is 0. The lowest BCUT2D eigenvalue weighted by Gasteiger charge is -2.25. The number of carboxylic acid groups (broad SMARTS) is 1. The minimum atomic E-state index is -0.708. The van der Waals surface area contributed by atoms with E-state index in [2.05, 4.69) is 5.32 Å². The summed E-state index contributed by atoms with van der Waals surface area (Å²) >= 11 is 0. The second kappa shape index (κ2) is 7.65. The molecule has 0 spiro atoms. The molecule has 0 aliphatic heterocycles. The topological polar surface area (TPSA) is 66.4 Å². The van der Waals surface area contributed by atoms with Gasteiger partial charge in [-0.1, -0.05) is 25.7 Å². The van der Waals surface area contributed by atoms with Gasteiger partial charge in [-0.15, -0.1) is 0 Å². The van der Waals surface area contributed by atoms with Gasteiger partial charge in [-0.25, -0.2) is 0 Å². The van der Waals surface area contributed by atoms with E-state index >= 15 is 0 Å². The molecular weight excluding hydrogens is 254 g/mol. The number of nitrogens with one attached hydrogen (secondary N) is 1. The zero-order valence-corrected chi connectivity index (χ0v) is 12.3. The number of carbonyl (C=O) groups excluding carboxylic acids is 1. The summed E-state index contributed by atoms with van der Waals surface area (Å²) in [6.07, 6.45) is 10.6. The highest BCUT2D eigenvalue weighted by Crippen LogP contribution is 2.29. The van der Waals surface area contributed by atoms with Gasteiger partial charge in [0, 0.05) is 12.5 Å². The van der Waals surface area contributed by atoms with Crippen molar-refractivity contribution in [1.82, 2.24) is 5.32 Å². The standard InChI is InChI=1S/C16H27NO3/c18-15(13-7-9-14(10-8-13)16(19)20)17-11-3-6-12-4-1-2-5-12/h12-14H,1-11H2,(H,17,18)(H,19,20). The SMILES string of the molecule is O=C(O)C1CCC(C(=O)NCCCC2CCCC2)CC1. The fourth-order valence-corrected chi connectivity index (χ4v) is 3.65. The quantitative estimate of drug-likeness (QED) is 0.736. The van der Waals surface area contributed by atoms with E-state index < -0.39 is 5.97 Å². The maximum absolute atomic E-state index is 12.0. The lowest BCUT2D eigenvalue weighted by molar-refractivity contribution is -0.144. The Bertz CT molecular complexity index is 329. The molecule has 0 aromatic heterocycles. The third kappa shape index (κ3) is 4.50. The number of amides is 1. The molecule has 2 N–H and O–H groups in total. The van der Waals surface area contributed by atoms with Crippen molar-refractivity contribution in [2.45, 2.75) is 64.2 Å². The smallest absolute Gasteiger partial charge is 0.306 e. The van der Waals surface area contributed by atoms with E-state index in [0.717, 1.165) is 31.7 Å². The summed E-state index contributed by atoms with van der Waals surface area (Å²) in [7, 11) is 0. The van der Waals surface area contributed by atoms with Crippen LogP contribution in [0.3, 0.4) is 0 Å². The number of aliphatic carboxylic acids is 1. The second-order valence-corrected chi connectivity index (χ2v) is 6.47. The minimum Gasteiger partial charge on any atom is -0.481 e. The fraction of sp³-hybridized carbons (Fsp3) is 0.875. The zero-order valence-electron chi connectivity index (χ0n) is 12.3. The third-order valence-electron chi connectivity index (χ3n) is 5.01. The predicted octanol–water partition coefficient (Wildman–Crippen LogP) is 2.96. The average Bonchev–Trinajstić information content (AvgIpc) is 2.96. The molecule has 0 bridgehead atoms. The van der Waals surface area contributed by atoms with Gasteiger partial charge in [0.05, 0.1) is 5.92 Å². The van der Waals surface area contributed by atoms with Gasteiger partial charge in [0.1, 0.15) is 0 Å². The summed E-state index contributed by atoms with van der Waals surface area (Å²) in [4.78, 5) is 22.9. The normalized spacial score (nSPS) is 27.4. The molecule has 0 heterocycles. The van der Waals surface area contributed by atoms with E-state index in [1.54, 1.807) is 0 Å². The monoisotopic (exact) mass is 281 g/mol. The number of hydrogen-bond acceptors (Lipinski definition) is 2. The van der Waals surface area contributed by atoms with Crippen molar-refractivity contribution in [1.29, 1.82) is 0 Å². The van der Waals surface area contributed by atoms with Crippen molar-refractivity contribution < 1.29 is 14.7 Å². The van der Waals surface area contributed by atoms with E-state index in [4.69, 9.17) is 5.11 Å². The molecule has 1 amide bonds. The van der Waals surface area contributed by atoms with Crippen LogP contribution in [0, 0.1) is 17.8 Å². The molecular formula is C16H27NO3. The van der Waals surface area contributed by atoms with E-state index in [1.165, 1.54) is 32.1 Å². The van der Waals surface area contributed by atoms with Gasteiger partial charge in [0.15, 0.2) is 0 Å². The largest absolute Gasteiger partial charge is 0.481 e. The lowest BCUT2D eigenvalue weighted by Crippen LogP contribution is -2.35. The molecule has 0 aromatic carbocycles. The van der Waals surface area contributed by atoms with Gasteiger partial charge in [0.2, 0.25) is 5.91 Å². The van der Waals surface area contributed by atoms with Crippen LogP contribution >= 0.6 is 0 Å². The molecule has 0 aromatic rings. The first-order valence-corrected chi connectivity index (χ1v) is 8.17. The molecule has 0 radical (unpaired) electrons. The van der Waals surface area contributed by atoms with Crippen LogP contribution in [-0.2, 0) is 9.59 Å². The van der Waals surface area contributed by atoms with Crippen LogP contribution in [0.1, 0.15) is 64.2 Å². The number of carboxylic acids is 1. The van der Waals surface area contributed by atoms with Crippen LogP contribution in [0.4, 0.5) is 0 Å². The first kappa shape index (κ1) is 15.3. The minimum absolute atomic E-state index is 0.0390. The average molecular weight is 281 g/mol. The summed E-state index contributed by atoms with van der Waals surface area (Å²) in [6, 6.07) is 0. The Morgan fingerprint density at radius 2 is 1.55 bits per heavy atom. The van der Waals surface area contributed by atoms with E-state index in [0.29, 0.717) is 12.8 Å². The maximum atomic E-state index is 12.0. The first-order chi connectivity index (χ1) is 9.66. The molecule has 2 fully saturated rings. The Labute approximate surface area is 121 Å². The van der Waals surface area contributed by atoms with Crippen molar-refractivity contribution in [3.05, 3.63) is 0 Å². The predicted molar refractivity (Wildman–Crippen MR) is 77.3 cm³/mol. The number of rotatable bonds is 6. The number of carbonyl (C=O) groups is 2. The molecule has 2 aliphatic rings. The van der Waals surface area contributed by atoms with Gasteiger partial charge in [0.25, 0.3) is 0 Å². The third-order valence-corrected chi connectivity index (χ3v) is 5.01. The molecule has 2 rings (SSSR count). The van der Waals surface area contributed by atoms with Crippen molar-refractivity contribution in [3.63, 3.8) is 0 Å². The molecule has 0 unspecified atom stereocenters. The van der Waals surface area contributed by atoms with Gasteiger partial charge in [-0.05, 0) is 44.4 Å². The lowest BCUT2D eigenvalue weighted by atomic mass is 9.81. The summed E-state index contributed by atoms with van der Waals surface area (Å²) in [5.74, 6) is 0.122. The number of hydrogen-bond donors (Lipinski definition) is 2. The summed E-state index contributed by atoms with van der Waals surface area (Å²) in [5, 5.41) is 12.0. The van der Waals surface area contributed by atoms with Crippen molar-refractivity contribution in [2.75, 3.05) is 6.54 Å². The molecule has 2 aliphatic carbocycles. The van der Waals surface area contributed by atoms with Gasteiger partial charge < -0.3 is 10.4 Å². The maximum Gasteiger partial charge on any atom is 0.306 e. The Morgan fingerprint density at radius 1 is 0.950 bits per heavy atom. The van der Waals surface area contributed by atoms with E-state index in [1.807, 2.05) is 0 Å². The molecule has 0 saturated heterocycles. The van der Waals surface area contributed by atoms with E-state index in [-0.39, 0.29) is 17.7 Å². The molecule has 114 valence electrons. The van der Waals surface area contributed by atoms with Crippen molar-refractivity contribution in [3.8, 4) is 0 Å². The highest BCUT2D eigenvalue weighted by atomic mass is 16.4. The van der Waals surface area contributed by atoms with Crippen LogP contribution in [0.15, 0.2) is 0 Å². The van der Waals surface area contributed by atoms with Crippen molar-refractivity contribution >= 4 is 11.9 Å². The van der Waals surface area contributed by atoms with Gasteiger partial charge >= 0.3 is 5.97 Å². The summed E-state index contributed by atoms with van der Waals surface area (Å²) in [5.41, 5.74) is 0. The zero-order chi connectivity index (χ0) is 14.4. The van der Waals surface area contributed by atoms with Crippen molar-refractivity contribution in [2.24, 2.45) is 17.8 Å². The molecule has 0 atom stereocenters. The Balaban J connectivity index is 1.57. The van der Waals surface area contributed by atoms with E-state index in [9.17, 15) is 9.59 Å². The first-order valence-electron chi connectivity index (χ1n) is 8.17. The fourth-order valence-electron chi connectivity index (χ4n) is 3.65. The van der Waals surface area contributed by atoms with Crippen LogP contribution in [-0.4, -0.2) is 23.5 Å². The van der Waals surface area contributed by atoms with Crippen LogP contribution in [0.2, 0.25) is 0 Å². The molecule has 2 saturated carbocycles. The Morgan fingerprint density at radius 3 is 2.15 bits per heavy atom. The Hall–Kier alpha value is -1.06. The highest BCUT2D eigenvalue weighted by molar-refractivity contribution is 5.79. The highest BCUT2D eigenvalue weighted by Gasteiger charge is 2.29.